The molecule has 0 saturated heterocycles. The van der Waals surface area contributed by atoms with Crippen molar-refractivity contribution in [3.05, 3.63) is 11.8 Å². The zero-order chi connectivity index (χ0) is 11.3. The Balaban J connectivity index is 2.36. The Kier molecular flexibility index (Phi) is 2.38. The lowest BCUT2D eigenvalue weighted by molar-refractivity contribution is -0.175. The first-order valence-electron chi connectivity index (χ1n) is 5.88. The van der Waals surface area contributed by atoms with Crippen molar-refractivity contribution < 1.29 is 9.84 Å². The van der Waals surface area contributed by atoms with Gasteiger partial charge in [0.2, 0.25) is 0 Å². The van der Waals surface area contributed by atoms with Crippen molar-refractivity contribution in [1.29, 1.82) is 0 Å². The average Bonchev–Trinajstić information content (AvgIpc) is 2.16. The highest BCUT2D eigenvalue weighted by molar-refractivity contribution is 5.12. The van der Waals surface area contributed by atoms with Crippen LogP contribution in [0.5, 0.6) is 0 Å². The van der Waals surface area contributed by atoms with E-state index in [9.17, 15) is 5.11 Å². The van der Waals surface area contributed by atoms with Crippen molar-refractivity contribution in [3.63, 3.8) is 0 Å². The summed E-state index contributed by atoms with van der Waals surface area (Å²) in [5, 5.41) is 10.1. The van der Waals surface area contributed by atoms with Crippen LogP contribution in [0.15, 0.2) is 11.8 Å². The van der Waals surface area contributed by atoms with Gasteiger partial charge in [-0.1, -0.05) is 13.8 Å². The smallest absolute Gasteiger partial charge is 0.135 e. The molecule has 0 unspecified atom stereocenters. The van der Waals surface area contributed by atoms with Gasteiger partial charge in [-0.15, -0.1) is 0 Å². The summed E-state index contributed by atoms with van der Waals surface area (Å²) in [5.41, 5.74) is 1.18. The molecule has 2 aliphatic rings. The van der Waals surface area contributed by atoms with Crippen molar-refractivity contribution in [1.82, 2.24) is 0 Å². The third-order valence-electron chi connectivity index (χ3n) is 4.40. The standard InChI is InChI=1S/C13H22O2/c1-9-7-10-12(2,3)6-5-11(14)13(10,4)15-8-9/h8,10-11,14H,5-7H2,1-4H3/t10-,11-,13-/m1/s1. The van der Waals surface area contributed by atoms with Gasteiger partial charge in [0.1, 0.15) is 5.60 Å². The molecule has 0 aromatic carbocycles. The largest absolute Gasteiger partial charge is 0.492 e. The van der Waals surface area contributed by atoms with Crippen molar-refractivity contribution in [2.75, 3.05) is 0 Å². The summed E-state index contributed by atoms with van der Waals surface area (Å²) < 4.78 is 5.82. The Morgan fingerprint density at radius 3 is 2.73 bits per heavy atom. The molecule has 1 fully saturated rings. The fourth-order valence-corrected chi connectivity index (χ4v) is 3.21. The zero-order valence-electron chi connectivity index (χ0n) is 10.2. The molecule has 2 heteroatoms. The summed E-state index contributed by atoms with van der Waals surface area (Å²) in [4.78, 5) is 0. The molecule has 86 valence electrons. The zero-order valence-corrected chi connectivity index (χ0v) is 10.2. The molecule has 0 spiro atoms. The predicted octanol–water partition coefficient (Wildman–Crippen LogP) is 2.87. The average molecular weight is 210 g/mol. The van der Waals surface area contributed by atoms with Crippen LogP contribution in [-0.4, -0.2) is 16.8 Å². The first kappa shape index (κ1) is 11.0. The number of ether oxygens (including phenoxy) is 1. The van der Waals surface area contributed by atoms with E-state index in [0.29, 0.717) is 5.92 Å². The Morgan fingerprint density at radius 2 is 2.07 bits per heavy atom. The maximum absolute atomic E-state index is 10.1. The Hall–Kier alpha value is -0.500. The maximum atomic E-state index is 10.1. The highest BCUT2D eigenvalue weighted by Gasteiger charge is 2.54. The fourth-order valence-electron chi connectivity index (χ4n) is 3.21. The molecule has 2 rings (SSSR count). The lowest BCUT2D eigenvalue weighted by Gasteiger charge is -2.54. The second kappa shape index (κ2) is 3.24. The van der Waals surface area contributed by atoms with Gasteiger partial charge in [0.05, 0.1) is 12.4 Å². The summed E-state index contributed by atoms with van der Waals surface area (Å²) in [7, 11) is 0. The molecule has 15 heavy (non-hydrogen) atoms. The van der Waals surface area contributed by atoms with Crippen LogP contribution in [0.25, 0.3) is 0 Å². The molecular weight excluding hydrogens is 188 g/mol. The summed E-state index contributed by atoms with van der Waals surface area (Å²) in [5.74, 6) is 0.429. The quantitative estimate of drug-likeness (QED) is 0.666. The third kappa shape index (κ3) is 1.59. The summed E-state index contributed by atoms with van der Waals surface area (Å²) in [6, 6.07) is 0. The molecule has 1 N–H and O–H groups in total. The second-order valence-corrected chi connectivity index (χ2v) is 6.07. The van der Waals surface area contributed by atoms with Gasteiger partial charge in [0.15, 0.2) is 0 Å². The molecule has 2 nitrogen and oxygen atoms in total. The van der Waals surface area contributed by atoms with Crippen LogP contribution < -0.4 is 0 Å². The number of aliphatic hydroxyl groups is 1. The molecule has 1 heterocycles. The molecule has 1 aliphatic carbocycles. The topological polar surface area (TPSA) is 29.5 Å². The van der Waals surface area contributed by atoms with Gasteiger partial charge in [-0.05, 0) is 44.1 Å². The van der Waals surface area contributed by atoms with Crippen molar-refractivity contribution in [3.8, 4) is 0 Å². The molecule has 0 bridgehead atoms. The van der Waals surface area contributed by atoms with Crippen LogP contribution in [0.3, 0.4) is 0 Å². The lowest BCUT2D eigenvalue weighted by atomic mass is 9.58. The van der Waals surface area contributed by atoms with Crippen LogP contribution in [0.2, 0.25) is 0 Å². The van der Waals surface area contributed by atoms with Crippen molar-refractivity contribution in [2.45, 2.75) is 58.7 Å². The van der Waals surface area contributed by atoms with Gasteiger partial charge in [-0.2, -0.15) is 0 Å². The van der Waals surface area contributed by atoms with E-state index in [1.54, 1.807) is 0 Å². The number of fused-ring (bicyclic) bond motifs is 1. The molecule has 0 amide bonds. The minimum atomic E-state index is -0.374. The van der Waals surface area contributed by atoms with Crippen molar-refractivity contribution in [2.24, 2.45) is 11.3 Å². The van der Waals surface area contributed by atoms with E-state index in [-0.39, 0.29) is 17.1 Å². The third-order valence-corrected chi connectivity index (χ3v) is 4.40. The second-order valence-electron chi connectivity index (χ2n) is 6.07. The molecule has 1 aliphatic heterocycles. The van der Waals surface area contributed by atoms with Crippen LogP contribution in [0.1, 0.15) is 47.0 Å². The Morgan fingerprint density at radius 1 is 1.40 bits per heavy atom. The van der Waals surface area contributed by atoms with Crippen molar-refractivity contribution >= 4 is 0 Å². The van der Waals surface area contributed by atoms with Gasteiger partial charge in [0, 0.05) is 5.92 Å². The van der Waals surface area contributed by atoms with E-state index < -0.39 is 0 Å². The normalized spacial score (nSPS) is 43.9. The van der Waals surface area contributed by atoms with Crippen LogP contribution in [0.4, 0.5) is 0 Å². The van der Waals surface area contributed by atoms with E-state index in [4.69, 9.17) is 4.74 Å². The van der Waals surface area contributed by atoms with E-state index >= 15 is 0 Å². The number of hydrogen-bond donors (Lipinski definition) is 1. The fraction of sp³-hybridized carbons (Fsp3) is 0.846. The van der Waals surface area contributed by atoms with Crippen LogP contribution in [0, 0.1) is 11.3 Å². The predicted molar refractivity (Wildman–Crippen MR) is 60.4 cm³/mol. The number of aliphatic hydroxyl groups excluding tert-OH is 1. The molecule has 3 atom stereocenters. The minimum absolute atomic E-state index is 0.267. The molecule has 0 aromatic rings. The maximum Gasteiger partial charge on any atom is 0.135 e. The highest BCUT2D eigenvalue weighted by atomic mass is 16.5. The Labute approximate surface area is 92.3 Å². The summed E-state index contributed by atoms with van der Waals surface area (Å²) in [6.07, 6.45) is 4.51. The summed E-state index contributed by atoms with van der Waals surface area (Å²) >= 11 is 0. The first-order chi connectivity index (χ1) is 6.86. The monoisotopic (exact) mass is 210 g/mol. The lowest BCUT2D eigenvalue weighted by Crippen LogP contribution is -2.57. The van der Waals surface area contributed by atoms with Gasteiger partial charge in [0.25, 0.3) is 0 Å². The Bertz CT molecular complexity index is 293. The van der Waals surface area contributed by atoms with Crippen LogP contribution in [-0.2, 0) is 4.74 Å². The number of allylic oxidation sites excluding steroid dienone is 1. The van der Waals surface area contributed by atoms with Gasteiger partial charge in [-0.3, -0.25) is 0 Å². The first-order valence-corrected chi connectivity index (χ1v) is 5.88. The van der Waals surface area contributed by atoms with Gasteiger partial charge >= 0.3 is 0 Å². The number of rotatable bonds is 0. The van der Waals surface area contributed by atoms with Crippen LogP contribution >= 0.6 is 0 Å². The van der Waals surface area contributed by atoms with E-state index in [1.165, 1.54) is 5.57 Å². The molecular formula is C13H22O2. The number of hydrogen-bond acceptors (Lipinski definition) is 2. The minimum Gasteiger partial charge on any atom is -0.492 e. The van der Waals surface area contributed by atoms with E-state index in [2.05, 4.69) is 27.7 Å². The summed E-state index contributed by atoms with van der Waals surface area (Å²) in [6.45, 7) is 8.76. The highest BCUT2D eigenvalue weighted by Crippen LogP contribution is 2.52. The molecule has 1 saturated carbocycles. The van der Waals surface area contributed by atoms with E-state index in [1.807, 2.05) is 6.26 Å². The van der Waals surface area contributed by atoms with Gasteiger partial charge < -0.3 is 9.84 Å². The SMILES string of the molecule is CC1=CO[C@@]2(C)[C@H](O)CCC(C)(C)[C@H]2C1. The molecule has 0 aromatic heterocycles. The van der Waals surface area contributed by atoms with E-state index in [0.717, 1.165) is 19.3 Å². The van der Waals surface area contributed by atoms with Gasteiger partial charge in [-0.25, -0.2) is 0 Å². The molecule has 0 radical (unpaired) electrons.